The number of nitrogens with zero attached hydrogens (tertiary/aromatic N) is 3. The first-order chi connectivity index (χ1) is 57.8. The standard InChI is InChI=1S/C79H135N25O18S/c1-14-44(10)62(76(121)92-45(11)64(109)97-53(32-40(2)3)70(115)98-55(34-47-22-16-15-17-23-47)71(116)95-52(27-31-123-13)65(110)90-38-59(107)108)103-73(118)57(36-58(81)106)101-75(120)61(43(8)9)102-72(117)56(35-48-37-87-39-91-48)99-67(112)51(26-21-30-89-79(85)86)96-77(122)63(46(12)105)104-68(113)49(24-18-19-28-80)93-66(111)50(25-20-29-88-78(83)84)94-69(114)54(33-41(4)5)100-74(119)60(82)42(6)7/h15-17,22-23,37,39-46,49-57,60-63,105H,14,18-21,24-36,38,80,82H2,1-13H3,(H2,81,106)(H,87,91)(H,90,110)(H,92,121)(H,93,111)(H,94,114)(H,95,116)(H,96,122)(H,97,109)(H,98,115)(H,99,112)(H,100,119)(H,101,120)(H,102,117)(H,103,118)(H,104,113)(H,107,108)(H4,83,84,88)(H4,85,86,89)/t44-,45-,46+,49-,50-,51-,52-,53-,54-,55-,56-,57-,60-,61-,62-,63-/m0/s1. The highest BCUT2D eigenvalue weighted by Gasteiger charge is 2.40. The Morgan fingerprint density at radius 2 is 0.878 bits per heavy atom. The molecule has 0 saturated heterocycles. The van der Waals surface area contributed by atoms with E-state index in [2.05, 4.69) is 94.4 Å². The third kappa shape index (κ3) is 41.4. The van der Waals surface area contributed by atoms with Crippen molar-refractivity contribution in [3.8, 4) is 0 Å². The van der Waals surface area contributed by atoms with Crippen LogP contribution < -0.4 is 115 Å². The number of thioether (sulfide) groups is 1. The van der Waals surface area contributed by atoms with Crippen LogP contribution in [0.15, 0.2) is 52.8 Å². The molecule has 16 atom stereocenters. The predicted octanol–water partition coefficient (Wildman–Crippen LogP) is -5.26. The summed E-state index contributed by atoms with van der Waals surface area (Å²) < 4.78 is 0. The number of guanidine groups is 2. The van der Waals surface area contributed by atoms with Crippen molar-refractivity contribution in [2.75, 3.05) is 38.2 Å². The molecule has 0 fully saturated rings. The number of aliphatic hydroxyl groups is 1. The van der Waals surface area contributed by atoms with Gasteiger partial charge in [-0.2, -0.15) is 11.8 Å². The monoisotopic (exact) mass is 1750 g/mol. The number of aliphatic imine (C=N–C) groups is 2. The van der Waals surface area contributed by atoms with Gasteiger partial charge in [-0.25, -0.2) is 4.98 Å². The molecule has 0 aliphatic carbocycles. The van der Waals surface area contributed by atoms with Crippen molar-refractivity contribution in [2.45, 2.75) is 264 Å². The molecule has 0 radical (unpaired) electrons. The van der Waals surface area contributed by atoms with Gasteiger partial charge in [0.2, 0.25) is 88.6 Å². The molecule has 43 nitrogen and oxygen atoms in total. The van der Waals surface area contributed by atoms with Gasteiger partial charge in [-0.05, 0) is 132 Å². The van der Waals surface area contributed by atoms with Crippen LogP contribution in [0, 0.1) is 29.6 Å². The van der Waals surface area contributed by atoms with Gasteiger partial charge < -0.3 is 130 Å². The van der Waals surface area contributed by atoms with Gasteiger partial charge in [-0.1, -0.05) is 106 Å². The number of aliphatic hydroxyl groups excluding tert-OH is 1. The first-order valence-electron chi connectivity index (χ1n) is 41.3. The van der Waals surface area contributed by atoms with Gasteiger partial charge in [0.25, 0.3) is 0 Å². The number of carbonyl (C=O) groups is 16. The van der Waals surface area contributed by atoms with Crippen LogP contribution in [0.1, 0.15) is 171 Å². The molecule has 2 aromatic rings. The fourth-order valence-electron chi connectivity index (χ4n) is 12.3. The van der Waals surface area contributed by atoms with Crippen LogP contribution in [-0.2, 0) is 89.6 Å². The average molecular weight is 1760 g/mol. The number of imidazole rings is 1. The quantitative estimate of drug-likeness (QED) is 0.0167. The molecule has 31 N–H and O–H groups in total. The number of hydrogen-bond donors (Lipinski definition) is 24. The fraction of sp³-hybridized carbons (Fsp3) is 0.658. The lowest BCUT2D eigenvalue weighted by molar-refractivity contribution is -0.138. The van der Waals surface area contributed by atoms with E-state index in [0.717, 1.165) is 6.92 Å². The van der Waals surface area contributed by atoms with Gasteiger partial charge in [0.15, 0.2) is 11.9 Å². The molecule has 2 rings (SSSR count). The molecule has 1 aromatic heterocycles. The van der Waals surface area contributed by atoms with Crippen LogP contribution in [0.3, 0.4) is 0 Å². The second-order valence-electron chi connectivity index (χ2n) is 31.9. The Kier molecular flexibility index (Phi) is 49.4. The number of H-pyrrole nitrogens is 1. The van der Waals surface area contributed by atoms with Crippen LogP contribution >= 0.6 is 11.8 Å². The van der Waals surface area contributed by atoms with E-state index < -0.39 is 210 Å². The Balaban J connectivity index is 2.55. The first-order valence-corrected chi connectivity index (χ1v) is 42.7. The van der Waals surface area contributed by atoms with Crippen molar-refractivity contribution in [1.82, 2.24) is 84.4 Å². The molecule has 0 spiro atoms. The van der Waals surface area contributed by atoms with E-state index in [1.165, 1.54) is 45.1 Å². The highest BCUT2D eigenvalue weighted by Crippen LogP contribution is 2.17. The predicted molar refractivity (Wildman–Crippen MR) is 461 cm³/mol. The molecule has 690 valence electrons. The average Bonchev–Trinajstić information content (AvgIpc) is 1.57. The van der Waals surface area contributed by atoms with Crippen LogP contribution in [0.4, 0.5) is 0 Å². The van der Waals surface area contributed by atoms with Crippen LogP contribution in [0.2, 0.25) is 0 Å². The molecule has 15 amide bonds. The molecule has 0 unspecified atom stereocenters. The molecular formula is C79H135N25O18S. The SMILES string of the molecule is CC[C@H](C)[C@H](NC(=O)[C@H](CC(N)=O)NC(=O)[C@@H](NC(=O)[C@H](Cc1cnc[nH]1)NC(=O)[C@H](CCCN=C(N)N)NC(=O)[C@@H](NC(=O)[C@H](CCCCN)NC(=O)[C@H](CCCN=C(N)N)NC(=O)[C@H](CC(C)C)NC(=O)[C@@H](N)C(C)C)[C@@H](C)O)C(C)C)C(=O)N[C@@H](C)C(=O)N[C@@H](CC(C)C)C(=O)N[C@@H](Cc1ccccc1)C(=O)N[C@@H](CCSC)C(=O)NCC(=O)O. The van der Waals surface area contributed by atoms with Crippen LogP contribution in [0.25, 0.3) is 0 Å². The zero-order chi connectivity index (χ0) is 92.9. The number of nitrogens with one attached hydrogen (secondary N) is 15. The minimum absolute atomic E-state index is 0.0145. The third-order valence-electron chi connectivity index (χ3n) is 19.5. The number of primary amides is 1. The minimum atomic E-state index is -1.87. The second kappa shape index (κ2) is 56.4. The molecule has 123 heavy (non-hydrogen) atoms. The highest BCUT2D eigenvalue weighted by atomic mass is 32.2. The van der Waals surface area contributed by atoms with Crippen LogP contribution in [0.5, 0.6) is 0 Å². The van der Waals surface area contributed by atoms with Crippen molar-refractivity contribution in [3.63, 3.8) is 0 Å². The number of hydrogen-bond acceptors (Lipinski definition) is 23. The van der Waals surface area contributed by atoms with Crippen molar-refractivity contribution in [2.24, 2.45) is 79.7 Å². The van der Waals surface area contributed by atoms with E-state index in [4.69, 9.17) is 40.1 Å². The minimum Gasteiger partial charge on any atom is -0.480 e. The maximum atomic E-state index is 14.8. The van der Waals surface area contributed by atoms with Gasteiger partial charge in [-0.3, -0.25) is 86.7 Å². The summed E-state index contributed by atoms with van der Waals surface area (Å²) in [5.41, 5.74) is 40.8. The first kappa shape index (κ1) is 108. The molecule has 0 bridgehead atoms. The zero-order valence-corrected chi connectivity index (χ0v) is 73.6. The number of unbranched alkanes of at least 4 members (excludes halogenated alkanes) is 1. The van der Waals surface area contributed by atoms with E-state index in [0.29, 0.717) is 17.7 Å². The van der Waals surface area contributed by atoms with Crippen molar-refractivity contribution in [1.29, 1.82) is 0 Å². The van der Waals surface area contributed by atoms with E-state index in [-0.39, 0.29) is 132 Å². The Bertz CT molecular complexity index is 3830. The summed E-state index contributed by atoms with van der Waals surface area (Å²) in [4.78, 5) is 238. The van der Waals surface area contributed by atoms with Gasteiger partial charge in [-0.15, -0.1) is 0 Å². The summed E-state index contributed by atoms with van der Waals surface area (Å²) in [6.07, 6.45) is 2.14. The molecule has 1 aromatic carbocycles. The molecule has 0 saturated carbocycles. The van der Waals surface area contributed by atoms with E-state index >= 15 is 0 Å². The summed E-state index contributed by atoms with van der Waals surface area (Å²) >= 11 is 1.38. The van der Waals surface area contributed by atoms with Crippen molar-refractivity contribution in [3.05, 3.63) is 54.1 Å². The molecular weight excluding hydrogens is 1620 g/mol. The third-order valence-corrected chi connectivity index (χ3v) is 20.2. The van der Waals surface area contributed by atoms with Gasteiger partial charge in [0.05, 0.1) is 24.9 Å². The smallest absolute Gasteiger partial charge is 0.322 e. The summed E-state index contributed by atoms with van der Waals surface area (Å²) in [6, 6.07) is -11.7. The maximum Gasteiger partial charge on any atom is 0.322 e. The number of amides is 15. The van der Waals surface area contributed by atoms with Crippen molar-refractivity contribution >= 4 is 118 Å². The zero-order valence-electron chi connectivity index (χ0n) is 72.7. The molecule has 0 aliphatic heterocycles. The lowest BCUT2D eigenvalue weighted by Gasteiger charge is -2.30. The van der Waals surface area contributed by atoms with Crippen LogP contribution in [-0.4, -0.2) is 256 Å². The molecule has 1 heterocycles. The topological polar surface area (TPSA) is 718 Å². The maximum absolute atomic E-state index is 14.8. The Morgan fingerprint density at radius 1 is 0.463 bits per heavy atom. The largest absolute Gasteiger partial charge is 0.480 e. The summed E-state index contributed by atoms with van der Waals surface area (Å²) in [6.45, 7) is 18.8. The van der Waals surface area contributed by atoms with E-state index in [1.54, 1.807) is 78.1 Å². The Labute approximate surface area is 722 Å². The Morgan fingerprint density at radius 3 is 1.33 bits per heavy atom. The van der Waals surface area contributed by atoms with Crippen molar-refractivity contribution < 1.29 is 86.9 Å². The highest BCUT2D eigenvalue weighted by molar-refractivity contribution is 7.98. The number of rotatable bonds is 59. The lowest BCUT2D eigenvalue weighted by atomic mass is 9.97. The van der Waals surface area contributed by atoms with Gasteiger partial charge in [0, 0.05) is 37.8 Å². The number of benzene rings is 1. The summed E-state index contributed by atoms with van der Waals surface area (Å²) in [5.74, 6) is -17.5. The number of carboxylic acid groups (broad SMARTS) is 1. The summed E-state index contributed by atoms with van der Waals surface area (Å²) in [5, 5.41) is 56.5. The molecule has 44 heteroatoms. The number of aliphatic carboxylic acids is 1. The second-order valence-corrected chi connectivity index (χ2v) is 32.8. The van der Waals surface area contributed by atoms with Gasteiger partial charge >= 0.3 is 5.97 Å². The fourth-order valence-corrected chi connectivity index (χ4v) is 12.8. The molecule has 0 aliphatic rings. The number of carbonyl (C=O) groups excluding carboxylic acids is 15. The van der Waals surface area contributed by atoms with E-state index in [9.17, 15) is 86.9 Å². The van der Waals surface area contributed by atoms with Gasteiger partial charge in [0.1, 0.15) is 85.1 Å². The number of aromatic amines is 1. The number of nitrogens with two attached hydrogens (primary N) is 7. The Hall–Kier alpha value is -11.3. The van der Waals surface area contributed by atoms with E-state index in [1.807, 2.05) is 13.8 Å². The number of carboxylic acids is 1. The number of aromatic nitrogens is 2. The summed E-state index contributed by atoms with van der Waals surface area (Å²) in [7, 11) is 0. The lowest BCUT2D eigenvalue weighted by Crippen LogP contribution is -2.63. The normalized spacial score (nSPS) is 15.2.